The van der Waals surface area contributed by atoms with Crippen LogP contribution < -0.4 is 15.8 Å². The molecule has 0 aliphatic carbocycles. The van der Waals surface area contributed by atoms with E-state index in [1.165, 1.54) is 11.4 Å². The van der Waals surface area contributed by atoms with Crippen LogP contribution in [0.5, 0.6) is 0 Å². The first-order chi connectivity index (χ1) is 15.4. The minimum absolute atomic E-state index is 0.135. The second-order valence-electron chi connectivity index (χ2n) is 8.46. The zero-order valence-corrected chi connectivity index (χ0v) is 17.2. The van der Waals surface area contributed by atoms with Gasteiger partial charge in [0.1, 0.15) is 11.5 Å². The third-order valence-electron chi connectivity index (χ3n) is 6.90. The Morgan fingerprint density at radius 1 is 1.06 bits per heavy atom. The first-order valence-electron chi connectivity index (χ1n) is 10.4. The number of amides is 4. The monoisotopic (exact) mass is 429 g/mol. The molecule has 6 rings (SSSR count). The lowest BCUT2D eigenvalue weighted by atomic mass is 9.65. The molecule has 3 aliphatic rings. The highest BCUT2D eigenvalue weighted by atomic mass is 16.2. The maximum atomic E-state index is 13.7. The minimum Gasteiger partial charge on any atom is -0.347 e. The van der Waals surface area contributed by atoms with E-state index >= 15 is 0 Å². The summed E-state index contributed by atoms with van der Waals surface area (Å²) in [4.78, 5) is 60.4. The number of nitrogens with one attached hydrogen (secondary N) is 1. The van der Waals surface area contributed by atoms with Gasteiger partial charge in [0.2, 0.25) is 11.8 Å². The Labute approximate surface area is 182 Å². The summed E-state index contributed by atoms with van der Waals surface area (Å²) < 4.78 is 1.42. The molecule has 0 saturated carbocycles. The van der Waals surface area contributed by atoms with Crippen LogP contribution >= 0.6 is 0 Å². The molecule has 2 aromatic heterocycles. The van der Waals surface area contributed by atoms with Gasteiger partial charge in [-0.25, -0.2) is 9.78 Å². The summed E-state index contributed by atoms with van der Waals surface area (Å²) in [6.45, 7) is 0.490. The highest BCUT2D eigenvalue weighted by Crippen LogP contribution is 2.52. The normalized spacial score (nSPS) is 24.3. The molecule has 1 N–H and O–H groups in total. The number of carbonyl (C=O) groups excluding carboxylic acids is 3. The van der Waals surface area contributed by atoms with Crippen molar-refractivity contribution < 1.29 is 14.4 Å². The van der Waals surface area contributed by atoms with Gasteiger partial charge >= 0.3 is 6.03 Å². The molecule has 4 amide bonds. The molecule has 1 aromatic carbocycles. The van der Waals surface area contributed by atoms with Gasteiger partial charge in [-0.15, -0.1) is 0 Å². The van der Waals surface area contributed by atoms with Crippen LogP contribution in [0.1, 0.15) is 22.7 Å². The van der Waals surface area contributed by atoms with Crippen LogP contribution in [0.4, 0.5) is 10.6 Å². The number of anilines is 1. The van der Waals surface area contributed by atoms with E-state index in [1.54, 1.807) is 24.4 Å². The topological polar surface area (TPSA) is 104 Å². The average Bonchev–Trinajstić information content (AvgIpc) is 2.81. The molecule has 3 aromatic rings. The number of hydrogen-bond acceptors (Lipinski definition) is 6. The van der Waals surface area contributed by atoms with Crippen molar-refractivity contribution in [3.63, 3.8) is 0 Å². The molecule has 1 fully saturated rings. The van der Waals surface area contributed by atoms with Gasteiger partial charge in [0.15, 0.2) is 5.41 Å². The van der Waals surface area contributed by atoms with Crippen molar-refractivity contribution in [2.45, 2.75) is 18.9 Å². The van der Waals surface area contributed by atoms with Crippen LogP contribution in [0.3, 0.4) is 0 Å². The Morgan fingerprint density at radius 3 is 2.69 bits per heavy atom. The first kappa shape index (κ1) is 18.7. The quantitative estimate of drug-likeness (QED) is 0.536. The van der Waals surface area contributed by atoms with Crippen molar-refractivity contribution in [2.75, 3.05) is 18.5 Å². The second kappa shape index (κ2) is 6.25. The van der Waals surface area contributed by atoms with Crippen molar-refractivity contribution in [3.05, 3.63) is 75.7 Å². The van der Waals surface area contributed by atoms with E-state index < -0.39 is 29.3 Å². The van der Waals surface area contributed by atoms with Crippen molar-refractivity contribution in [1.29, 1.82) is 0 Å². The molecule has 160 valence electrons. The highest BCUT2D eigenvalue weighted by molar-refractivity contribution is 6.20. The van der Waals surface area contributed by atoms with Gasteiger partial charge in [0.05, 0.1) is 11.6 Å². The lowest BCUT2D eigenvalue weighted by Gasteiger charge is -2.52. The third kappa shape index (κ3) is 2.20. The first-order valence-corrected chi connectivity index (χ1v) is 10.4. The highest BCUT2D eigenvalue weighted by Gasteiger charge is 2.63. The molecule has 5 heterocycles. The summed E-state index contributed by atoms with van der Waals surface area (Å²) in [6, 6.07) is 11.5. The maximum Gasteiger partial charge on any atom is 0.330 e. The molecule has 0 radical (unpaired) electrons. The fraction of sp³-hybridized carbons (Fsp3) is 0.261. The molecule has 2 atom stereocenters. The molecule has 1 saturated heterocycles. The zero-order chi connectivity index (χ0) is 22.2. The molecule has 9 nitrogen and oxygen atoms in total. The number of pyridine rings is 1. The fourth-order valence-electron chi connectivity index (χ4n) is 5.39. The van der Waals surface area contributed by atoms with E-state index in [4.69, 9.17) is 4.98 Å². The summed E-state index contributed by atoms with van der Waals surface area (Å²) in [5.41, 5.74) is 0.699. The number of urea groups is 1. The summed E-state index contributed by atoms with van der Waals surface area (Å²) >= 11 is 0. The predicted octanol–water partition coefficient (Wildman–Crippen LogP) is 1.05. The minimum atomic E-state index is -1.66. The second-order valence-corrected chi connectivity index (χ2v) is 8.46. The fourth-order valence-corrected chi connectivity index (χ4v) is 5.39. The van der Waals surface area contributed by atoms with E-state index in [0.717, 1.165) is 16.0 Å². The third-order valence-corrected chi connectivity index (χ3v) is 6.90. The maximum absolute atomic E-state index is 13.7. The molecule has 3 aliphatic heterocycles. The Bertz CT molecular complexity index is 1410. The van der Waals surface area contributed by atoms with E-state index in [9.17, 15) is 19.2 Å². The van der Waals surface area contributed by atoms with E-state index in [1.807, 2.05) is 29.2 Å². The number of nitrogens with zero attached hydrogens (tertiary/aromatic N) is 4. The number of aromatic nitrogens is 2. The van der Waals surface area contributed by atoms with E-state index in [2.05, 4.69) is 5.32 Å². The Morgan fingerprint density at radius 2 is 1.84 bits per heavy atom. The van der Waals surface area contributed by atoms with Crippen molar-refractivity contribution in [1.82, 2.24) is 19.6 Å². The van der Waals surface area contributed by atoms with Gasteiger partial charge in [-0.1, -0.05) is 30.3 Å². The summed E-state index contributed by atoms with van der Waals surface area (Å²) in [6.07, 6.45) is 2.17. The number of hydrogen-bond donors (Lipinski definition) is 1. The molecule has 32 heavy (non-hydrogen) atoms. The summed E-state index contributed by atoms with van der Waals surface area (Å²) in [5, 5.41) is 2.34. The summed E-state index contributed by atoms with van der Waals surface area (Å²) in [7, 11) is 1.35. The molecular weight excluding hydrogens is 410 g/mol. The smallest absolute Gasteiger partial charge is 0.330 e. The van der Waals surface area contributed by atoms with Crippen molar-refractivity contribution in [3.8, 4) is 0 Å². The lowest BCUT2D eigenvalue weighted by Crippen LogP contribution is -2.69. The number of barbiturate groups is 1. The Kier molecular flexibility index (Phi) is 3.66. The number of carbonyl (C=O) groups is 3. The van der Waals surface area contributed by atoms with Gasteiger partial charge in [-0.05, 0) is 29.7 Å². The number of benzene rings is 1. The van der Waals surface area contributed by atoms with Crippen LogP contribution in [-0.2, 0) is 22.4 Å². The average molecular weight is 429 g/mol. The number of fused-ring (bicyclic) bond motifs is 7. The van der Waals surface area contributed by atoms with Gasteiger partial charge < -0.3 is 4.90 Å². The summed E-state index contributed by atoms with van der Waals surface area (Å²) in [5.74, 6) is -0.798. The van der Waals surface area contributed by atoms with E-state index in [0.29, 0.717) is 30.0 Å². The van der Waals surface area contributed by atoms with Crippen molar-refractivity contribution in [2.24, 2.45) is 5.41 Å². The Balaban J connectivity index is 1.69. The van der Waals surface area contributed by atoms with E-state index in [-0.39, 0.29) is 12.0 Å². The largest absolute Gasteiger partial charge is 0.347 e. The van der Waals surface area contributed by atoms with Gasteiger partial charge in [0.25, 0.3) is 5.56 Å². The molecule has 9 heteroatoms. The van der Waals surface area contributed by atoms with Gasteiger partial charge in [0, 0.05) is 26.2 Å². The Hall–Kier alpha value is -4.01. The van der Waals surface area contributed by atoms with Crippen molar-refractivity contribution >= 4 is 29.3 Å². The number of imide groups is 2. The van der Waals surface area contributed by atoms with Crippen LogP contribution in [0.25, 0.3) is 5.65 Å². The van der Waals surface area contributed by atoms with Crippen LogP contribution in [-0.4, -0.2) is 45.7 Å². The molecule has 1 spiro atoms. The molecule has 0 bridgehead atoms. The number of rotatable bonds is 0. The van der Waals surface area contributed by atoms with Gasteiger partial charge in [-0.3, -0.25) is 29.0 Å². The predicted molar refractivity (Wildman–Crippen MR) is 114 cm³/mol. The SMILES string of the molecule is CN1C(=O)NC(=O)[C@@]2(Cc3c(nc4ccccn4c3=O)N3CCc4ccccc4[C@@H]32)C1=O. The molecular formula is C23H19N5O4. The lowest BCUT2D eigenvalue weighted by molar-refractivity contribution is -0.153. The standard InChI is InChI=1S/C23H19N5O4/c1-26-21(31)23(20(30)25-22(26)32)12-15-18(24-16-8-4-5-10-27(16)19(15)29)28-11-9-13-6-2-3-7-14(13)17(23)28/h2-8,10,17H,9,11-12H2,1H3,(H,25,30,32)/t17-,23+/m1/s1. The van der Waals surface area contributed by atoms with Crippen LogP contribution in [0, 0.1) is 5.41 Å². The molecule has 0 unspecified atom stereocenters. The van der Waals surface area contributed by atoms with Crippen LogP contribution in [0.15, 0.2) is 53.5 Å². The van der Waals surface area contributed by atoms with Gasteiger partial charge in [-0.2, -0.15) is 0 Å². The zero-order valence-electron chi connectivity index (χ0n) is 17.2. The van der Waals surface area contributed by atoms with Crippen LogP contribution in [0.2, 0.25) is 0 Å².